The van der Waals surface area contributed by atoms with Crippen LogP contribution < -0.4 is 29.0 Å². The van der Waals surface area contributed by atoms with Crippen molar-refractivity contribution in [2.45, 2.75) is 19.4 Å². The molecule has 0 aromatic heterocycles. The maximum absolute atomic E-state index is 12.5. The van der Waals surface area contributed by atoms with Gasteiger partial charge in [-0.15, -0.1) is 0 Å². The van der Waals surface area contributed by atoms with Gasteiger partial charge in [-0.25, -0.2) is 0 Å². The molecule has 1 atom stereocenters. The van der Waals surface area contributed by atoms with Crippen molar-refractivity contribution in [1.82, 2.24) is 5.32 Å². The molecule has 7 heteroatoms. The second kappa shape index (κ2) is 9.73. The number of ether oxygens (including phenoxy) is 5. The summed E-state index contributed by atoms with van der Waals surface area (Å²) >= 11 is 0. The smallest absolute Gasteiger partial charge is 0.224 e. The predicted octanol–water partition coefficient (Wildman–Crippen LogP) is 3.15. The molecule has 152 valence electrons. The highest BCUT2D eigenvalue weighted by Gasteiger charge is 2.21. The molecule has 7 nitrogen and oxygen atoms in total. The molecule has 28 heavy (non-hydrogen) atoms. The minimum Gasteiger partial charge on any atom is -0.493 e. The highest BCUT2D eigenvalue weighted by atomic mass is 16.5. The largest absolute Gasteiger partial charge is 0.493 e. The Bertz CT molecular complexity index is 821. The summed E-state index contributed by atoms with van der Waals surface area (Å²) in [5.41, 5.74) is 1.61. The van der Waals surface area contributed by atoms with Gasteiger partial charge in [-0.1, -0.05) is 6.07 Å². The van der Waals surface area contributed by atoms with Crippen molar-refractivity contribution < 1.29 is 28.5 Å². The number of hydrogen-bond acceptors (Lipinski definition) is 6. The minimum absolute atomic E-state index is 0.128. The first-order chi connectivity index (χ1) is 13.5. The second-order valence-electron chi connectivity index (χ2n) is 6.08. The number of rotatable bonds is 9. The van der Waals surface area contributed by atoms with Crippen LogP contribution in [-0.4, -0.2) is 41.5 Å². The summed E-state index contributed by atoms with van der Waals surface area (Å²) in [6, 6.07) is 8.75. The molecule has 0 aliphatic rings. The summed E-state index contributed by atoms with van der Waals surface area (Å²) < 4.78 is 26.7. The van der Waals surface area contributed by atoms with Crippen LogP contribution in [0.15, 0.2) is 30.3 Å². The molecule has 0 heterocycles. The van der Waals surface area contributed by atoms with Gasteiger partial charge in [0.05, 0.1) is 48.0 Å². The van der Waals surface area contributed by atoms with Crippen LogP contribution >= 0.6 is 0 Å². The summed E-state index contributed by atoms with van der Waals surface area (Å²) in [6.07, 6.45) is 0.209. The number of benzene rings is 2. The van der Waals surface area contributed by atoms with Crippen molar-refractivity contribution >= 4 is 5.91 Å². The van der Waals surface area contributed by atoms with Gasteiger partial charge in [0.15, 0.2) is 23.0 Å². The molecule has 1 amide bonds. The van der Waals surface area contributed by atoms with Crippen molar-refractivity contribution in [2.24, 2.45) is 0 Å². The van der Waals surface area contributed by atoms with Gasteiger partial charge in [0, 0.05) is 5.56 Å². The molecule has 0 radical (unpaired) electrons. The van der Waals surface area contributed by atoms with E-state index in [1.807, 2.05) is 19.1 Å². The van der Waals surface area contributed by atoms with Gasteiger partial charge in [-0.2, -0.15) is 0 Å². The Balaban J connectivity index is 2.16. The third-order valence-electron chi connectivity index (χ3n) is 4.39. The zero-order chi connectivity index (χ0) is 20.7. The highest BCUT2D eigenvalue weighted by molar-refractivity contribution is 5.79. The van der Waals surface area contributed by atoms with E-state index in [1.165, 1.54) is 0 Å². The fourth-order valence-electron chi connectivity index (χ4n) is 3.01. The van der Waals surface area contributed by atoms with Crippen LogP contribution in [0.5, 0.6) is 28.7 Å². The SMILES string of the molecule is COc1ccc(CC(=O)NC(C)c2ccc(OC)c(OC)c2OC)cc1OC. The van der Waals surface area contributed by atoms with E-state index < -0.39 is 0 Å². The maximum atomic E-state index is 12.5. The molecule has 0 fully saturated rings. The topological polar surface area (TPSA) is 75.3 Å². The van der Waals surface area contributed by atoms with Crippen molar-refractivity contribution in [3.8, 4) is 28.7 Å². The third kappa shape index (κ3) is 4.60. The van der Waals surface area contributed by atoms with Crippen molar-refractivity contribution in [3.63, 3.8) is 0 Å². The van der Waals surface area contributed by atoms with Crippen molar-refractivity contribution in [2.75, 3.05) is 35.5 Å². The van der Waals surface area contributed by atoms with E-state index >= 15 is 0 Å². The van der Waals surface area contributed by atoms with Gasteiger partial charge in [-0.05, 0) is 36.8 Å². The van der Waals surface area contributed by atoms with Crippen LogP contribution in [-0.2, 0) is 11.2 Å². The summed E-state index contributed by atoms with van der Waals surface area (Å²) in [5, 5.41) is 2.99. The number of amides is 1. The van der Waals surface area contributed by atoms with Crippen LogP contribution in [0.25, 0.3) is 0 Å². The molecule has 0 bridgehead atoms. The van der Waals surface area contributed by atoms with Gasteiger partial charge in [0.2, 0.25) is 11.7 Å². The summed E-state index contributed by atoms with van der Waals surface area (Å²) in [5.74, 6) is 2.66. The molecule has 0 spiro atoms. The summed E-state index contributed by atoms with van der Waals surface area (Å²) in [7, 11) is 7.80. The fourth-order valence-corrected chi connectivity index (χ4v) is 3.01. The van der Waals surface area contributed by atoms with Gasteiger partial charge < -0.3 is 29.0 Å². The average molecular weight is 389 g/mol. The van der Waals surface area contributed by atoms with Crippen LogP contribution in [0.2, 0.25) is 0 Å². The first-order valence-electron chi connectivity index (χ1n) is 8.78. The number of methoxy groups -OCH3 is 5. The number of nitrogens with one attached hydrogen (secondary N) is 1. The molecular weight excluding hydrogens is 362 g/mol. The Labute approximate surface area is 165 Å². The number of carbonyl (C=O) groups is 1. The Morgan fingerprint density at radius 2 is 1.43 bits per heavy atom. The average Bonchev–Trinajstić information content (AvgIpc) is 2.71. The Kier molecular flexibility index (Phi) is 7.37. The molecule has 0 saturated carbocycles. The molecule has 1 N–H and O–H groups in total. The van der Waals surface area contributed by atoms with Crippen LogP contribution in [0, 0.1) is 0 Å². The van der Waals surface area contributed by atoms with E-state index in [0.717, 1.165) is 11.1 Å². The summed E-state index contributed by atoms with van der Waals surface area (Å²) in [4.78, 5) is 12.5. The fraction of sp³-hybridized carbons (Fsp3) is 0.381. The van der Waals surface area contributed by atoms with Crippen LogP contribution in [0.3, 0.4) is 0 Å². The van der Waals surface area contributed by atoms with E-state index in [-0.39, 0.29) is 18.4 Å². The molecule has 1 unspecified atom stereocenters. The maximum Gasteiger partial charge on any atom is 0.224 e. The van der Waals surface area contributed by atoms with E-state index in [4.69, 9.17) is 23.7 Å². The number of hydrogen-bond donors (Lipinski definition) is 1. The zero-order valence-electron chi connectivity index (χ0n) is 17.1. The molecule has 0 aliphatic heterocycles. The monoisotopic (exact) mass is 389 g/mol. The quantitative estimate of drug-likeness (QED) is 0.710. The Morgan fingerprint density at radius 3 is 2.00 bits per heavy atom. The lowest BCUT2D eigenvalue weighted by Crippen LogP contribution is -2.28. The van der Waals surface area contributed by atoms with Gasteiger partial charge >= 0.3 is 0 Å². The van der Waals surface area contributed by atoms with Crippen LogP contribution in [0.1, 0.15) is 24.1 Å². The first-order valence-corrected chi connectivity index (χ1v) is 8.78. The second-order valence-corrected chi connectivity index (χ2v) is 6.08. The normalized spacial score (nSPS) is 11.4. The van der Waals surface area contributed by atoms with Crippen molar-refractivity contribution in [1.29, 1.82) is 0 Å². The van der Waals surface area contributed by atoms with E-state index in [9.17, 15) is 4.79 Å². The lowest BCUT2D eigenvalue weighted by atomic mass is 10.0. The van der Waals surface area contributed by atoms with E-state index in [2.05, 4.69) is 5.32 Å². The highest BCUT2D eigenvalue weighted by Crippen LogP contribution is 2.42. The molecular formula is C21H27NO6. The number of carbonyl (C=O) groups excluding carboxylic acids is 1. The van der Waals surface area contributed by atoms with Gasteiger partial charge in [0.25, 0.3) is 0 Å². The minimum atomic E-state index is -0.289. The zero-order valence-corrected chi connectivity index (χ0v) is 17.1. The predicted molar refractivity (Wildman–Crippen MR) is 106 cm³/mol. The molecule has 2 rings (SSSR count). The van der Waals surface area contributed by atoms with E-state index in [0.29, 0.717) is 28.7 Å². The Morgan fingerprint density at radius 1 is 0.821 bits per heavy atom. The van der Waals surface area contributed by atoms with Gasteiger partial charge in [-0.3, -0.25) is 4.79 Å². The molecule has 0 saturated heterocycles. The molecule has 2 aromatic carbocycles. The lowest BCUT2D eigenvalue weighted by molar-refractivity contribution is -0.121. The van der Waals surface area contributed by atoms with Crippen molar-refractivity contribution in [3.05, 3.63) is 41.5 Å². The Hall–Kier alpha value is -3.09. The lowest BCUT2D eigenvalue weighted by Gasteiger charge is -2.20. The summed E-state index contributed by atoms with van der Waals surface area (Å²) in [6.45, 7) is 1.89. The molecule has 2 aromatic rings. The first kappa shape index (κ1) is 21.2. The van der Waals surface area contributed by atoms with Crippen LogP contribution in [0.4, 0.5) is 0 Å². The molecule has 0 aliphatic carbocycles. The third-order valence-corrected chi connectivity index (χ3v) is 4.39. The van der Waals surface area contributed by atoms with Gasteiger partial charge in [0.1, 0.15) is 0 Å². The van der Waals surface area contributed by atoms with E-state index in [1.54, 1.807) is 53.7 Å². The standard InChI is InChI=1S/C21H27NO6/c1-13(15-8-10-17(25-3)21(28-6)20(15)27-5)22-19(23)12-14-7-9-16(24-2)18(11-14)26-4/h7-11,13H,12H2,1-6H3,(H,22,23).